The van der Waals surface area contributed by atoms with E-state index in [2.05, 4.69) is 449 Å². The third-order valence-corrected chi connectivity index (χ3v) is 26.4. The molecule has 0 saturated heterocycles. The molecule has 26 aromatic rings. The van der Waals surface area contributed by atoms with Crippen LogP contribution >= 0.6 is 0 Å². The van der Waals surface area contributed by atoms with Crippen molar-refractivity contribution < 1.29 is 8.83 Å². The average Bonchev–Trinajstić information content (AvgIpc) is 1.54. The van der Waals surface area contributed by atoms with Crippen LogP contribution in [0.3, 0.4) is 0 Å². The Bertz CT molecular complexity index is 8880. The lowest BCUT2D eigenvalue weighted by Gasteiger charge is -2.12. The fourth-order valence-corrected chi connectivity index (χ4v) is 20.2. The lowest BCUT2D eigenvalue weighted by atomic mass is 9.96. The zero-order valence-corrected chi connectivity index (χ0v) is 68.3. The van der Waals surface area contributed by atoms with Crippen LogP contribution in [0.4, 0.5) is 0 Å². The van der Waals surface area contributed by atoms with E-state index in [4.69, 9.17) is 8.83 Å². The Kier molecular flexibility index (Phi) is 16.0. The van der Waals surface area contributed by atoms with Gasteiger partial charge in [-0.25, -0.2) is 0 Å². The Morgan fingerprint density at radius 2 is 0.405 bits per heavy atom. The van der Waals surface area contributed by atoms with E-state index >= 15 is 0 Å². The smallest absolute Gasteiger partial charge is 0.145 e. The Labute approximate surface area is 725 Å². The summed E-state index contributed by atoms with van der Waals surface area (Å²) in [5.74, 6) is 0. The van der Waals surface area contributed by atoms with Gasteiger partial charge in [0, 0.05) is 82.0 Å². The molecule has 126 heavy (non-hydrogen) atoms. The first-order valence-electron chi connectivity index (χ1n) is 43.2. The van der Waals surface area contributed by atoms with Crippen LogP contribution in [0.25, 0.3) is 254 Å². The van der Waals surface area contributed by atoms with E-state index in [0.717, 1.165) is 139 Å². The molecule has 0 bridgehead atoms. The molecular weight excluding hydrogens is 1530 g/mol. The van der Waals surface area contributed by atoms with Crippen molar-refractivity contribution in [3.05, 3.63) is 449 Å². The van der Waals surface area contributed by atoms with Crippen molar-refractivity contribution in [2.45, 2.75) is 0 Å². The van der Waals surface area contributed by atoms with Crippen LogP contribution < -0.4 is 0 Å². The van der Waals surface area contributed by atoms with E-state index < -0.39 is 0 Å². The highest BCUT2D eigenvalue weighted by Crippen LogP contribution is 2.46. The van der Waals surface area contributed by atoms with Gasteiger partial charge in [-0.05, 0) is 246 Å². The van der Waals surface area contributed by atoms with Gasteiger partial charge in [0.1, 0.15) is 22.3 Å². The zero-order chi connectivity index (χ0) is 82.6. The second kappa shape index (κ2) is 28.4. The molecule has 0 aliphatic rings. The monoisotopic (exact) mass is 1600 g/mol. The Morgan fingerprint density at radius 1 is 0.127 bits per heavy atom. The fourth-order valence-electron chi connectivity index (χ4n) is 20.2. The summed E-state index contributed by atoms with van der Waals surface area (Å²) < 4.78 is 22.6. The summed E-state index contributed by atoms with van der Waals surface area (Å²) in [6.07, 6.45) is 0. The molecule has 0 radical (unpaired) electrons. The van der Waals surface area contributed by atoms with Crippen LogP contribution in [-0.4, -0.2) is 18.3 Å². The lowest BCUT2D eigenvalue weighted by Crippen LogP contribution is -1.94. The number of para-hydroxylation sites is 5. The number of aromatic nitrogens is 4. The Morgan fingerprint density at radius 3 is 0.881 bits per heavy atom. The minimum atomic E-state index is 0.906. The van der Waals surface area contributed by atoms with E-state index in [1.807, 2.05) is 18.2 Å². The second-order valence-corrected chi connectivity index (χ2v) is 33.4. The number of hydrogen-bond donors (Lipinski definition) is 0. The van der Waals surface area contributed by atoms with Crippen molar-refractivity contribution in [3.63, 3.8) is 0 Å². The molecule has 0 unspecified atom stereocenters. The third kappa shape index (κ3) is 11.5. The number of hydrogen-bond acceptors (Lipinski definition) is 2. The number of rotatable bonds is 13. The first-order valence-corrected chi connectivity index (χ1v) is 43.2. The summed E-state index contributed by atoms with van der Waals surface area (Å²) >= 11 is 0. The number of benzene rings is 20. The quantitative estimate of drug-likeness (QED) is 0.115. The number of fused-ring (bicyclic) bond motifs is 19. The maximum absolute atomic E-state index is 6.59. The molecule has 0 atom stereocenters. The van der Waals surface area contributed by atoms with Crippen molar-refractivity contribution in [3.8, 4) is 123 Å². The SMILES string of the molecule is c1ccc(-c2cccc(-c3ccc4c(c3)c3ccc(-c5ccc(-c6cccc(-c7ccc8c(c7)c7ccccc7n8-c7ccc(-c8ccc(-c9ccc(-n%10c%11ccccc%11c%11cc%12oc%13ccccc%13c%12cc%11%10)cc9)cc8)cc7)c6)cc5)cc3n4-c3ccc(-c4ccc(-c5ccc(-n6c7ccccc7c7c8oc9ccccc9c8ccc76)cc5)cc4)cc3)c2)cc1. The minimum Gasteiger partial charge on any atom is -0.456 e. The summed E-state index contributed by atoms with van der Waals surface area (Å²) in [5.41, 5.74) is 38.4. The normalized spacial score (nSPS) is 12.0. The van der Waals surface area contributed by atoms with Crippen molar-refractivity contribution in [2.75, 3.05) is 0 Å². The van der Waals surface area contributed by atoms with Crippen molar-refractivity contribution >= 4 is 131 Å². The predicted molar refractivity (Wildman–Crippen MR) is 527 cm³/mol. The van der Waals surface area contributed by atoms with Gasteiger partial charge in [-0.1, -0.05) is 303 Å². The minimum absolute atomic E-state index is 0.906. The number of nitrogens with zero attached hydrogens (tertiary/aromatic N) is 4. The summed E-state index contributed by atoms with van der Waals surface area (Å²) in [7, 11) is 0. The second-order valence-electron chi connectivity index (χ2n) is 33.4. The predicted octanol–water partition coefficient (Wildman–Crippen LogP) is 32.9. The van der Waals surface area contributed by atoms with Crippen molar-refractivity contribution in [2.24, 2.45) is 0 Å². The molecule has 0 amide bonds. The number of furan rings is 2. The fraction of sp³-hybridized carbons (Fsp3) is 0. The van der Waals surface area contributed by atoms with Crippen LogP contribution in [0.5, 0.6) is 0 Å². The first-order chi connectivity index (χ1) is 62.4. The van der Waals surface area contributed by atoms with Gasteiger partial charge in [0.15, 0.2) is 0 Å². The molecule has 0 N–H and O–H groups in total. The third-order valence-electron chi connectivity index (χ3n) is 26.4. The maximum Gasteiger partial charge on any atom is 0.145 e. The van der Waals surface area contributed by atoms with Gasteiger partial charge in [0.25, 0.3) is 0 Å². The molecule has 6 nitrogen and oxygen atoms in total. The maximum atomic E-state index is 6.59. The van der Waals surface area contributed by atoms with Gasteiger partial charge in [0.2, 0.25) is 0 Å². The van der Waals surface area contributed by atoms with E-state index in [9.17, 15) is 0 Å². The highest BCUT2D eigenvalue weighted by molar-refractivity contribution is 6.24. The molecule has 0 saturated carbocycles. The van der Waals surface area contributed by atoms with Crippen molar-refractivity contribution in [1.82, 2.24) is 18.3 Å². The molecule has 20 aromatic carbocycles. The molecule has 6 heterocycles. The molecule has 586 valence electrons. The van der Waals surface area contributed by atoms with Crippen LogP contribution in [0.1, 0.15) is 0 Å². The summed E-state index contributed by atoms with van der Waals surface area (Å²) in [5, 5.41) is 14.1. The van der Waals surface area contributed by atoms with E-state index in [0.29, 0.717) is 0 Å². The van der Waals surface area contributed by atoms with Gasteiger partial charge in [-0.15, -0.1) is 0 Å². The summed E-state index contributed by atoms with van der Waals surface area (Å²) in [6.45, 7) is 0. The Hall–Kier alpha value is -16.8. The van der Waals surface area contributed by atoms with Crippen LogP contribution in [0.15, 0.2) is 458 Å². The van der Waals surface area contributed by atoms with Crippen LogP contribution in [0, 0.1) is 0 Å². The van der Waals surface area contributed by atoms with Crippen LogP contribution in [0.2, 0.25) is 0 Å². The van der Waals surface area contributed by atoms with Gasteiger partial charge in [-0.3, -0.25) is 0 Å². The van der Waals surface area contributed by atoms with Gasteiger partial charge >= 0.3 is 0 Å². The molecular formula is C120H74N4O2. The average molecular weight is 1600 g/mol. The van der Waals surface area contributed by atoms with E-state index in [1.165, 1.54) is 115 Å². The zero-order valence-electron chi connectivity index (χ0n) is 68.3. The molecule has 6 heteroatoms. The largest absolute Gasteiger partial charge is 0.456 e. The lowest BCUT2D eigenvalue weighted by molar-refractivity contribution is 0.669. The highest BCUT2D eigenvalue weighted by Gasteiger charge is 2.24. The molecule has 0 spiro atoms. The van der Waals surface area contributed by atoms with Crippen LogP contribution in [-0.2, 0) is 0 Å². The highest BCUT2D eigenvalue weighted by atomic mass is 16.3. The molecule has 0 aliphatic carbocycles. The van der Waals surface area contributed by atoms with Crippen molar-refractivity contribution in [1.29, 1.82) is 0 Å². The van der Waals surface area contributed by atoms with Gasteiger partial charge in [0.05, 0.1) is 49.5 Å². The van der Waals surface area contributed by atoms with Gasteiger partial charge < -0.3 is 27.1 Å². The molecule has 26 rings (SSSR count). The molecule has 0 fully saturated rings. The van der Waals surface area contributed by atoms with E-state index in [-0.39, 0.29) is 0 Å². The summed E-state index contributed by atoms with van der Waals surface area (Å²) in [6, 6.07) is 165. The summed E-state index contributed by atoms with van der Waals surface area (Å²) in [4.78, 5) is 0. The topological polar surface area (TPSA) is 46.0 Å². The van der Waals surface area contributed by atoms with Gasteiger partial charge in [-0.2, -0.15) is 0 Å². The molecule has 0 aliphatic heterocycles. The van der Waals surface area contributed by atoms with E-state index in [1.54, 1.807) is 0 Å². The Balaban J connectivity index is 0.471. The first kappa shape index (κ1) is 71.0. The molecule has 6 aromatic heterocycles. The standard InChI is InChI=1S/C120H74N4O2/c1-2-16-75(17-3-1)86-18-14-20-88(68-86)91-54-66-112-105(71-91)99-63-52-92(72-114(99)124(112)96-61-50-83(51-62-96)79-38-34-77(35-39-79)81-46-57-94(58-47-81)122-110-29-11-6-26-103(110)119-113(122)67-64-102-100-24-7-13-31-117(100)126-120(102)119)85-42-40-84(41-43-85)87-19-15-21-89(69-87)90-53-65-111-104(70-90)97-22-4-9-27-108(97)121(111)93-55-44-80(45-56-93)76-32-36-78(37-33-76)82-48-59-95(60-49-82)123-109-28-10-5-23-98(109)106-74-118-107(73-115(106)123)101-25-8-12-30-116(101)125-118/h1-74H.